The highest BCUT2D eigenvalue weighted by Gasteiger charge is 2.41. The molecule has 0 bridgehead atoms. The third-order valence-corrected chi connectivity index (χ3v) is 24.3. The Hall–Kier alpha value is 0.981. The summed E-state index contributed by atoms with van der Waals surface area (Å²) in [5, 5.41) is 19.9. The number of rotatable bonds is 21. The van der Waals surface area contributed by atoms with Crippen molar-refractivity contribution in [2.45, 2.75) is 129 Å². The lowest BCUT2D eigenvalue weighted by atomic mass is 10.2. The Balaban J connectivity index is 4.92. The Kier molecular flexibility index (Phi) is 16.4. The van der Waals surface area contributed by atoms with Gasteiger partial charge >= 0.3 is 17.1 Å². The Morgan fingerprint density at radius 3 is 0.868 bits per heavy atom. The van der Waals surface area contributed by atoms with Crippen molar-refractivity contribution in [1.82, 2.24) is 0 Å². The minimum Gasteiger partial charge on any atom is -0.437 e. The van der Waals surface area contributed by atoms with E-state index in [1.165, 1.54) is 0 Å². The van der Waals surface area contributed by atoms with Crippen molar-refractivity contribution < 1.29 is 36.1 Å². The van der Waals surface area contributed by atoms with Gasteiger partial charge in [-0.25, -0.2) is 0 Å². The van der Waals surface area contributed by atoms with Crippen molar-refractivity contribution in [3.8, 4) is 0 Å². The molecule has 0 fully saturated rings. The smallest absolute Gasteiger partial charge is 0.314 e. The molecule has 0 aromatic rings. The van der Waals surface area contributed by atoms with Crippen molar-refractivity contribution >= 4 is 50.4 Å². The van der Waals surface area contributed by atoms with Gasteiger partial charge in [0.1, 0.15) is 12.2 Å². The van der Waals surface area contributed by atoms with Crippen LogP contribution in [0.3, 0.4) is 0 Å². The largest absolute Gasteiger partial charge is 0.437 e. The standard InChI is InChI=1S/C24H62O8Si6/c1-33(2,3)29-37(13,30-34(4,5)6)19-15-17-27-23(21-25)24(22-26)28-18-16-20-38(14,31-35(7,8)9)32-36(10,11)12/h23-26H,15-22H2,1-14H3/t23-,24-/m1/s1. The summed E-state index contributed by atoms with van der Waals surface area (Å²) >= 11 is 0. The molecule has 0 aliphatic rings. The second-order valence-corrected chi connectivity index (χ2v) is 40.2. The lowest BCUT2D eigenvalue weighted by Crippen LogP contribution is -2.52. The van der Waals surface area contributed by atoms with Crippen LogP contribution in [-0.4, -0.2) is 99.2 Å². The molecule has 0 heterocycles. The first kappa shape index (κ1) is 39.0. The first-order chi connectivity index (χ1) is 16.9. The number of aliphatic hydroxyl groups is 2. The zero-order valence-corrected chi connectivity index (χ0v) is 33.2. The SMILES string of the molecule is C[Si](C)(C)O[Si](C)(CCCO[C@H](CO)[C@@H](CO)OCCC[Si](C)(O[Si](C)(C)C)O[Si](C)(C)C)O[Si](C)(C)C. The predicted octanol–water partition coefficient (Wildman–Crippen LogP) is 6.07. The second-order valence-electron chi connectivity index (χ2n) is 14.5. The van der Waals surface area contributed by atoms with E-state index in [4.69, 9.17) is 25.9 Å². The van der Waals surface area contributed by atoms with Crippen LogP contribution in [0.2, 0.25) is 104 Å². The van der Waals surface area contributed by atoms with E-state index in [9.17, 15) is 10.2 Å². The molecule has 0 aliphatic carbocycles. The molecule has 0 aromatic carbocycles. The van der Waals surface area contributed by atoms with Crippen molar-refractivity contribution in [3.63, 3.8) is 0 Å². The number of aliphatic hydroxyl groups excluding tert-OH is 2. The molecule has 14 heteroatoms. The van der Waals surface area contributed by atoms with Crippen molar-refractivity contribution in [1.29, 1.82) is 0 Å². The topological polar surface area (TPSA) is 95.8 Å². The maximum Gasteiger partial charge on any atom is 0.314 e. The van der Waals surface area contributed by atoms with Gasteiger partial charge in [-0.3, -0.25) is 0 Å². The number of hydrogen-bond acceptors (Lipinski definition) is 8. The second kappa shape index (κ2) is 16.0. The summed E-state index contributed by atoms with van der Waals surface area (Å²) in [4.78, 5) is 0. The van der Waals surface area contributed by atoms with E-state index < -0.39 is 62.6 Å². The van der Waals surface area contributed by atoms with Gasteiger partial charge in [0.2, 0.25) is 0 Å². The highest BCUT2D eigenvalue weighted by atomic mass is 28.5. The maximum absolute atomic E-state index is 9.96. The summed E-state index contributed by atoms with van der Waals surface area (Å²) in [5.41, 5.74) is 0. The fourth-order valence-corrected chi connectivity index (χ4v) is 29.7. The van der Waals surface area contributed by atoms with Crippen LogP contribution >= 0.6 is 0 Å². The van der Waals surface area contributed by atoms with E-state index in [1.54, 1.807) is 0 Å². The number of hydrogen-bond donors (Lipinski definition) is 2. The van der Waals surface area contributed by atoms with Gasteiger partial charge in [-0.15, -0.1) is 0 Å². The van der Waals surface area contributed by atoms with E-state index in [0.29, 0.717) is 13.2 Å². The third kappa shape index (κ3) is 20.0. The molecule has 230 valence electrons. The van der Waals surface area contributed by atoms with Crippen molar-refractivity contribution in [3.05, 3.63) is 0 Å². The monoisotopic (exact) mass is 646 g/mol. The van der Waals surface area contributed by atoms with Crippen LogP contribution in [-0.2, 0) is 25.9 Å². The molecule has 0 rings (SSSR count). The Labute approximate surface area is 241 Å². The molecule has 0 unspecified atom stereocenters. The van der Waals surface area contributed by atoms with Gasteiger partial charge in [0.05, 0.1) is 13.2 Å². The summed E-state index contributed by atoms with van der Waals surface area (Å²) in [6.07, 6.45) is 0.393. The van der Waals surface area contributed by atoms with E-state index in [1.807, 2.05) is 0 Å². The quantitative estimate of drug-likeness (QED) is 0.115. The highest BCUT2D eigenvalue weighted by molar-refractivity contribution is 6.88. The van der Waals surface area contributed by atoms with Gasteiger partial charge in [0.15, 0.2) is 33.3 Å². The first-order valence-corrected chi connectivity index (χ1v) is 32.9. The van der Waals surface area contributed by atoms with Crippen molar-refractivity contribution in [2.75, 3.05) is 26.4 Å². The van der Waals surface area contributed by atoms with E-state index >= 15 is 0 Å². The van der Waals surface area contributed by atoms with E-state index in [2.05, 4.69) is 91.7 Å². The van der Waals surface area contributed by atoms with Crippen LogP contribution in [0.1, 0.15) is 12.8 Å². The minimum atomic E-state index is -2.33. The predicted molar refractivity (Wildman–Crippen MR) is 173 cm³/mol. The molecule has 38 heavy (non-hydrogen) atoms. The highest BCUT2D eigenvalue weighted by Crippen LogP contribution is 2.27. The normalized spacial score (nSPS) is 16.1. The van der Waals surface area contributed by atoms with Crippen molar-refractivity contribution in [2.24, 2.45) is 0 Å². The molecule has 8 nitrogen and oxygen atoms in total. The van der Waals surface area contributed by atoms with E-state index in [-0.39, 0.29) is 13.2 Å². The van der Waals surface area contributed by atoms with Gasteiger partial charge in [-0.2, -0.15) is 0 Å². The summed E-state index contributed by atoms with van der Waals surface area (Å²) in [6.45, 7) is 31.2. The maximum atomic E-state index is 9.96. The molecule has 0 spiro atoms. The first-order valence-electron chi connectivity index (χ1n) is 14.2. The summed E-state index contributed by atoms with van der Waals surface area (Å²) < 4.78 is 38.3. The summed E-state index contributed by atoms with van der Waals surface area (Å²) in [7, 11) is -11.7. The van der Waals surface area contributed by atoms with Gasteiger partial charge in [-0.05, 0) is 117 Å². The fourth-order valence-electron chi connectivity index (χ4n) is 4.65. The van der Waals surface area contributed by atoms with Gasteiger partial charge in [-0.1, -0.05) is 0 Å². The van der Waals surface area contributed by atoms with Gasteiger partial charge in [0.25, 0.3) is 0 Å². The molecule has 0 amide bonds. The van der Waals surface area contributed by atoms with Crippen LogP contribution in [0, 0.1) is 0 Å². The van der Waals surface area contributed by atoms with E-state index in [0.717, 1.165) is 24.9 Å². The number of ether oxygens (including phenoxy) is 2. The lowest BCUT2D eigenvalue weighted by molar-refractivity contribution is -0.109. The van der Waals surface area contributed by atoms with Crippen LogP contribution in [0.15, 0.2) is 0 Å². The lowest BCUT2D eigenvalue weighted by Gasteiger charge is -2.39. The summed E-state index contributed by atoms with van der Waals surface area (Å²) in [6, 6.07) is 1.67. The molecule has 0 aromatic heterocycles. The van der Waals surface area contributed by atoms with Crippen LogP contribution in [0.25, 0.3) is 0 Å². The molecule has 2 atom stereocenters. The zero-order valence-electron chi connectivity index (χ0n) is 27.2. The Morgan fingerprint density at radius 2 is 0.684 bits per heavy atom. The van der Waals surface area contributed by atoms with Crippen LogP contribution in [0.5, 0.6) is 0 Å². The molecular formula is C24H62O8Si6. The Bertz CT molecular complexity index is 570. The summed E-state index contributed by atoms with van der Waals surface area (Å²) in [5.74, 6) is 0. The van der Waals surface area contributed by atoms with Gasteiger partial charge in [0, 0.05) is 13.2 Å². The average Bonchev–Trinajstić information content (AvgIpc) is 2.62. The third-order valence-electron chi connectivity index (χ3n) is 5.08. The van der Waals surface area contributed by atoms with Crippen LogP contribution in [0.4, 0.5) is 0 Å². The molecular weight excluding hydrogens is 585 g/mol. The average molecular weight is 647 g/mol. The molecule has 0 radical (unpaired) electrons. The Morgan fingerprint density at radius 1 is 0.447 bits per heavy atom. The van der Waals surface area contributed by atoms with Crippen LogP contribution < -0.4 is 0 Å². The zero-order chi connectivity index (χ0) is 30.1. The molecule has 0 aliphatic heterocycles. The molecule has 0 saturated heterocycles. The minimum absolute atomic E-state index is 0.208. The molecule has 0 saturated carbocycles. The molecule has 2 N–H and O–H groups in total. The van der Waals surface area contributed by atoms with Gasteiger partial charge < -0.3 is 36.1 Å². The fraction of sp³-hybridized carbons (Fsp3) is 1.00.